The molecule has 3 nitrogen and oxygen atoms in total. The van der Waals surface area contributed by atoms with Gasteiger partial charge in [-0.3, -0.25) is 0 Å². The minimum absolute atomic E-state index is 0.539. The second kappa shape index (κ2) is 8.06. The van der Waals surface area contributed by atoms with Crippen LogP contribution in [0.5, 0.6) is 0 Å². The van der Waals surface area contributed by atoms with Gasteiger partial charge in [-0.1, -0.05) is 13.8 Å². The molecule has 0 spiro atoms. The maximum Gasteiger partial charge on any atom is 0.0700 e. The van der Waals surface area contributed by atoms with Crippen molar-refractivity contribution in [1.82, 2.24) is 5.32 Å². The van der Waals surface area contributed by atoms with Crippen LogP contribution < -0.4 is 5.32 Å². The molecule has 2 unspecified atom stereocenters. The Morgan fingerprint density at radius 1 is 1.29 bits per heavy atom. The van der Waals surface area contributed by atoms with E-state index in [0.29, 0.717) is 12.0 Å². The number of hydrogen-bond acceptors (Lipinski definition) is 3. The fourth-order valence-corrected chi connectivity index (χ4v) is 2.86. The molecule has 1 saturated carbocycles. The molecular weight excluding hydrogens is 214 g/mol. The first-order valence-electron chi connectivity index (χ1n) is 7.00. The summed E-state index contributed by atoms with van der Waals surface area (Å²) in [4.78, 5) is 0. The van der Waals surface area contributed by atoms with Gasteiger partial charge in [-0.25, -0.2) is 0 Å². The van der Waals surface area contributed by atoms with Gasteiger partial charge in [0.25, 0.3) is 0 Å². The Hall–Kier alpha value is -0.120. The third-order valence-corrected chi connectivity index (χ3v) is 3.83. The van der Waals surface area contributed by atoms with Crippen molar-refractivity contribution in [3.8, 4) is 0 Å². The van der Waals surface area contributed by atoms with Crippen LogP contribution in [0, 0.1) is 5.41 Å². The molecule has 1 aliphatic carbocycles. The molecule has 1 aliphatic rings. The summed E-state index contributed by atoms with van der Waals surface area (Å²) in [7, 11) is 1.71. The predicted octanol–water partition coefficient (Wildman–Crippen LogP) is 2.60. The third-order valence-electron chi connectivity index (χ3n) is 3.83. The maximum atomic E-state index is 5.51. The van der Waals surface area contributed by atoms with Gasteiger partial charge in [-0.05, 0) is 44.1 Å². The van der Waals surface area contributed by atoms with Gasteiger partial charge >= 0.3 is 0 Å². The van der Waals surface area contributed by atoms with Crippen molar-refractivity contribution in [2.75, 3.05) is 33.5 Å². The highest BCUT2D eigenvalue weighted by Gasteiger charge is 2.33. The summed E-state index contributed by atoms with van der Waals surface area (Å²) in [5.41, 5.74) is 0.539. The van der Waals surface area contributed by atoms with E-state index in [-0.39, 0.29) is 0 Å². The van der Waals surface area contributed by atoms with Crippen LogP contribution in [0.2, 0.25) is 0 Å². The summed E-state index contributed by atoms with van der Waals surface area (Å²) < 4.78 is 10.5. The molecule has 0 aromatic carbocycles. The number of rotatable bonds is 9. The van der Waals surface area contributed by atoms with E-state index in [4.69, 9.17) is 9.47 Å². The Morgan fingerprint density at radius 2 is 2.12 bits per heavy atom. The van der Waals surface area contributed by atoms with E-state index in [9.17, 15) is 0 Å². The number of methoxy groups -OCH3 is 1. The normalized spacial score (nSPS) is 28.8. The molecule has 3 heteroatoms. The van der Waals surface area contributed by atoms with Crippen LogP contribution in [0.25, 0.3) is 0 Å². The van der Waals surface area contributed by atoms with Gasteiger partial charge in [0.1, 0.15) is 0 Å². The first-order chi connectivity index (χ1) is 8.20. The monoisotopic (exact) mass is 243 g/mol. The van der Waals surface area contributed by atoms with Gasteiger partial charge in [0.05, 0.1) is 13.2 Å². The van der Waals surface area contributed by atoms with Crippen LogP contribution in [0.4, 0.5) is 0 Å². The van der Waals surface area contributed by atoms with Crippen molar-refractivity contribution in [2.24, 2.45) is 5.41 Å². The van der Waals surface area contributed by atoms with Crippen LogP contribution in [0.1, 0.15) is 46.0 Å². The van der Waals surface area contributed by atoms with Crippen molar-refractivity contribution >= 4 is 0 Å². The summed E-state index contributed by atoms with van der Waals surface area (Å²) in [6, 6.07) is 0.749. The molecular formula is C14H29NO2. The minimum atomic E-state index is 0.539. The van der Waals surface area contributed by atoms with Crippen LogP contribution in [0.15, 0.2) is 0 Å². The highest BCUT2D eigenvalue weighted by atomic mass is 16.5. The average molecular weight is 243 g/mol. The smallest absolute Gasteiger partial charge is 0.0700 e. The molecule has 0 bridgehead atoms. The van der Waals surface area contributed by atoms with Gasteiger partial charge < -0.3 is 14.8 Å². The number of ether oxygens (including phenoxy) is 2. The Balaban J connectivity index is 2.06. The Bertz CT molecular complexity index is 199. The molecule has 0 aromatic heterocycles. The van der Waals surface area contributed by atoms with Crippen molar-refractivity contribution in [1.29, 1.82) is 0 Å². The van der Waals surface area contributed by atoms with E-state index in [2.05, 4.69) is 19.2 Å². The molecule has 17 heavy (non-hydrogen) atoms. The Labute approximate surface area is 106 Å². The maximum absolute atomic E-state index is 5.51. The summed E-state index contributed by atoms with van der Waals surface area (Å²) in [5.74, 6) is 0. The third kappa shape index (κ3) is 5.84. The van der Waals surface area contributed by atoms with Crippen molar-refractivity contribution in [2.45, 2.75) is 52.0 Å². The molecule has 0 heterocycles. The number of nitrogens with one attached hydrogen (secondary N) is 1. The van der Waals surface area contributed by atoms with E-state index in [1.165, 1.54) is 32.1 Å². The van der Waals surface area contributed by atoms with Crippen LogP contribution in [-0.4, -0.2) is 39.5 Å². The van der Waals surface area contributed by atoms with E-state index in [1.54, 1.807) is 7.11 Å². The van der Waals surface area contributed by atoms with E-state index >= 15 is 0 Å². The zero-order valence-electron chi connectivity index (χ0n) is 11.8. The summed E-state index contributed by atoms with van der Waals surface area (Å²) in [6.45, 7) is 8.04. The van der Waals surface area contributed by atoms with E-state index in [1.807, 2.05) is 0 Å². The SMILES string of the molecule is CCNC1CCC(C)(CCCOCCOC)C1. The lowest BCUT2D eigenvalue weighted by molar-refractivity contribution is 0.0643. The van der Waals surface area contributed by atoms with Crippen molar-refractivity contribution in [3.63, 3.8) is 0 Å². The summed E-state index contributed by atoms with van der Waals surface area (Å²) in [5, 5.41) is 3.57. The molecule has 1 fully saturated rings. The lowest BCUT2D eigenvalue weighted by Crippen LogP contribution is -2.27. The standard InChI is InChI=1S/C14H29NO2/c1-4-15-13-6-8-14(2,12-13)7-5-9-17-11-10-16-3/h13,15H,4-12H2,1-3H3. The first-order valence-corrected chi connectivity index (χ1v) is 7.00. The molecule has 0 aromatic rings. The highest BCUT2D eigenvalue weighted by Crippen LogP contribution is 2.41. The quantitative estimate of drug-likeness (QED) is 0.631. The van der Waals surface area contributed by atoms with Gasteiger partial charge in [-0.15, -0.1) is 0 Å². The molecule has 102 valence electrons. The van der Waals surface area contributed by atoms with Crippen LogP contribution >= 0.6 is 0 Å². The van der Waals surface area contributed by atoms with Crippen molar-refractivity contribution < 1.29 is 9.47 Å². The lowest BCUT2D eigenvalue weighted by atomic mass is 9.84. The second-order valence-corrected chi connectivity index (χ2v) is 5.52. The molecule has 1 rings (SSSR count). The topological polar surface area (TPSA) is 30.5 Å². The van der Waals surface area contributed by atoms with E-state index in [0.717, 1.165) is 25.8 Å². The minimum Gasteiger partial charge on any atom is -0.382 e. The number of hydrogen-bond donors (Lipinski definition) is 1. The zero-order valence-corrected chi connectivity index (χ0v) is 11.8. The molecule has 2 atom stereocenters. The highest BCUT2D eigenvalue weighted by molar-refractivity contribution is 4.88. The predicted molar refractivity (Wildman–Crippen MR) is 71.4 cm³/mol. The second-order valence-electron chi connectivity index (χ2n) is 5.52. The molecule has 0 amide bonds. The molecule has 0 aliphatic heterocycles. The zero-order chi connectivity index (χ0) is 12.6. The Morgan fingerprint density at radius 3 is 2.82 bits per heavy atom. The van der Waals surface area contributed by atoms with Crippen LogP contribution in [-0.2, 0) is 9.47 Å². The van der Waals surface area contributed by atoms with Gasteiger partial charge in [-0.2, -0.15) is 0 Å². The summed E-state index contributed by atoms with van der Waals surface area (Å²) in [6.07, 6.45) is 6.51. The summed E-state index contributed by atoms with van der Waals surface area (Å²) >= 11 is 0. The van der Waals surface area contributed by atoms with E-state index < -0.39 is 0 Å². The van der Waals surface area contributed by atoms with Crippen molar-refractivity contribution in [3.05, 3.63) is 0 Å². The lowest BCUT2D eigenvalue weighted by Gasteiger charge is -2.24. The van der Waals surface area contributed by atoms with Gasteiger partial charge in [0.15, 0.2) is 0 Å². The molecule has 0 saturated heterocycles. The van der Waals surface area contributed by atoms with Crippen LogP contribution in [0.3, 0.4) is 0 Å². The van der Waals surface area contributed by atoms with Gasteiger partial charge in [0, 0.05) is 19.8 Å². The van der Waals surface area contributed by atoms with Gasteiger partial charge in [0.2, 0.25) is 0 Å². The largest absolute Gasteiger partial charge is 0.382 e. The first kappa shape index (κ1) is 14.9. The molecule has 0 radical (unpaired) electrons. The average Bonchev–Trinajstić information content (AvgIpc) is 2.66. The fraction of sp³-hybridized carbons (Fsp3) is 1.00. The Kier molecular flexibility index (Phi) is 7.09. The fourth-order valence-electron chi connectivity index (χ4n) is 2.86. The molecule has 1 N–H and O–H groups in total.